The highest BCUT2D eigenvalue weighted by Crippen LogP contribution is 2.05. The number of primary amides is 1. The summed E-state index contributed by atoms with van der Waals surface area (Å²) in [6.07, 6.45) is 2.00. The summed E-state index contributed by atoms with van der Waals surface area (Å²) in [4.78, 5) is 10.8. The number of carbonyl (C=O) groups is 1. The van der Waals surface area contributed by atoms with Gasteiger partial charge in [0.1, 0.15) is 0 Å². The minimum atomic E-state index is -0.480. The van der Waals surface area contributed by atoms with E-state index in [4.69, 9.17) is 10.5 Å². The van der Waals surface area contributed by atoms with E-state index in [2.05, 4.69) is 6.92 Å². The molecule has 3 heteroatoms. The van der Waals surface area contributed by atoms with Gasteiger partial charge in [0.25, 0.3) is 5.91 Å². The lowest BCUT2D eigenvalue weighted by Crippen LogP contribution is -2.17. The molecule has 0 rings (SSSR count). The Morgan fingerprint density at radius 2 is 2.00 bits per heavy atom. The van der Waals surface area contributed by atoms with Crippen molar-refractivity contribution in [1.82, 2.24) is 0 Å². The lowest BCUT2D eigenvalue weighted by Gasteiger charge is -2.07. The lowest BCUT2D eigenvalue weighted by atomic mass is 10.3. The Morgan fingerprint density at radius 3 is 2.33 bits per heavy atom. The van der Waals surface area contributed by atoms with Crippen LogP contribution in [-0.4, -0.2) is 12.5 Å². The van der Waals surface area contributed by atoms with Gasteiger partial charge in [0.15, 0.2) is 5.76 Å². The fourth-order valence-electron chi connectivity index (χ4n) is 0.780. The summed E-state index contributed by atoms with van der Waals surface area (Å²) in [6, 6.07) is 0. The number of carbonyl (C=O) groups excluding carboxylic acids is 1. The Bertz CT molecular complexity index is 181. The highest BCUT2D eigenvalue weighted by molar-refractivity contribution is 5.90. The Morgan fingerprint density at radius 1 is 1.42 bits per heavy atom. The standard InChI is InChI=1S/C9H17NO2/c1-4-5-6-12-8(7(2)3)9(10)11/h4-6H2,1-3H3,(H2,10,11). The van der Waals surface area contributed by atoms with E-state index in [1.807, 2.05) is 13.8 Å². The number of ether oxygens (including phenoxy) is 1. The molecule has 2 N–H and O–H groups in total. The molecule has 0 fully saturated rings. The van der Waals surface area contributed by atoms with E-state index in [0.717, 1.165) is 18.4 Å². The third-order valence-electron chi connectivity index (χ3n) is 1.42. The van der Waals surface area contributed by atoms with Crippen molar-refractivity contribution in [3.8, 4) is 0 Å². The van der Waals surface area contributed by atoms with Gasteiger partial charge in [-0.3, -0.25) is 4.79 Å². The van der Waals surface area contributed by atoms with Gasteiger partial charge in [-0.05, 0) is 25.8 Å². The van der Waals surface area contributed by atoms with Gasteiger partial charge in [0, 0.05) is 0 Å². The van der Waals surface area contributed by atoms with Crippen molar-refractivity contribution in [2.45, 2.75) is 33.6 Å². The molecule has 70 valence electrons. The first-order chi connectivity index (χ1) is 5.59. The van der Waals surface area contributed by atoms with Gasteiger partial charge in [-0.15, -0.1) is 0 Å². The van der Waals surface area contributed by atoms with Crippen molar-refractivity contribution in [2.24, 2.45) is 5.73 Å². The molecule has 3 nitrogen and oxygen atoms in total. The first kappa shape index (κ1) is 11.0. The first-order valence-electron chi connectivity index (χ1n) is 4.19. The second kappa shape index (κ2) is 5.63. The van der Waals surface area contributed by atoms with Gasteiger partial charge in [-0.2, -0.15) is 0 Å². The van der Waals surface area contributed by atoms with E-state index >= 15 is 0 Å². The molecule has 0 aliphatic heterocycles. The molecule has 0 aliphatic rings. The van der Waals surface area contributed by atoms with Crippen LogP contribution in [-0.2, 0) is 9.53 Å². The van der Waals surface area contributed by atoms with Crippen molar-refractivity contribution >= 4 is 5.91 Å². The first-order valence-corrected chi connectivity index (χ1v) is 4.19. The van der Waals surface area contributed by atoms with Crippen LogP contribution in [0.25, 0.3) is 0 Å². The third-order valence-corrected chi connectivity index (χ3v) is 1.42. The van der Waals surface area contributed by atoms with Crippen LogP contribution in [0.1, 0.15) is 33.6 Å². The molecule has 0 spiro atoms. The van der Waals surface area contributed by atoms with Gasteiger partial charge < -0.3 is 10.5 Å². The van der Waals surface area contributed by atoms with Gasteiger partial charge in [0.05, 0.1) is 6.61 Å². The molecule has 0 aromatic heterocycles. The van der Waals surface area contributed by atoms with Crippen LogP contribution in [0.5, 0.6) is 0 Å². The minimum Gasteiger partial charge on any atom is -0.488 e. The SMILES string of the molecule is CCCCOC(C(N)=O)=C(C)C. The fourth-order valence-corrected chi connectivity index (χ4v) is 0.780. The predicted molar refractivity (Wildman–Crippen MR) is 48.4 cm³/mol. The molecule has 1 amide bonds. The van der Waals surface area contributed by atoms with Crippen LogP contribution < -0.4 is 5.73 Å². The number of unbranched alkanes of at least 4 members (excludes halogenated alkanes) is 1. The summed E-state index contributed by atoms with van der Waals surface area (Å²) in [5, 5.41) is 0. The number of amides is 1. The quantitative estimate of drug-likeness (QED) is 0.388. The molecular weight excluding hydrogens is 154 g/mol. The summed E-state index contributed by atoms with van der Waals surface area (Å²) >= 11 is 0. The predicted octanol–water partition coefficient (Wildman–Crippen LogP) is 1.58. The van der Waals surface area contributed by atoms with Crippen LogP contribution in [0.3, 0.4) is 0 Å². The van der Waals surface area contributed by atoms with Crippen LogP contribution in [0.4, 0.5) is 0 Å². The molecule has 0 saturated carbocycles. The molecule has 0 saturated heterocycles. The maximum Gasteiger partial charge on any atom is 0.283 e. The third kappa shape index (κ3) is 4.01. The zero-order chi connectivity index (χ0) is 9.56. The topological polar surface area (TPSA) is 52.3 Å². The maximum atomic E-state index is 10.8. The Balaban J connectivity index is 4.00. The second-order valence-electron chi connectivity index (χ2n) is 2.90. The van der Waals surface area contributed by atoms with Gasteiger partial charge in [0.2, 0.25) is 0 Å². The van der Waals surface area contributed by atoms with E-state index < -0.39 is 5.91 Å². The van der Waals surface area contributed by atoms with E-state index in [9.17, 15) is 4.79 Å². The van der Waals surface area contributed by atoms with Crippen LogP contribution >= 0.6 is 0 Å². The molecule has 0 bridgehead atoms. The number of hydrogen-bond acceptors (Lipinski definition) is 2. The average Bonchev–Trinajstić information content (AvgIpc) is 1.96. The molecule has 0 aromatic rings. The minimum absolute atomic E-state index is 0.309. The number of hydrogen-bond donors (Lipinski definition) is 1. The highest BCUT2D eigenvalue weighted by Gasteiger charge is 2.06. The van der Waals surface area contributed by atoms with Crippen molar-refractivity contribution < 1.29 is 9.53 Å². The summed E-state index contributed by atoms with van der Waals surface area (Å²) in [6.45, 7) is 6.26. The van der Waals surface area contributed by atoms with E-state index in [1.165, 1.54) is 0 Å². The number of allylic oxidation sites excluding steroid dienone is 1. The van der Waals surface area contributed by atoms with E-state index in [0.29, 0.717) is 12.4 Å². The zero-order valence-electron chi connectivity index (χ0n) is 8.02. The van der Waals surface area contributed by atoms with Gasteiger partial charge in [-0.25, -0.2) is 0 Å². The van der Waals surface area contributed by atoms with Crippen molar-refractivity contribution in [2.75, 3.05) is 6.61 Å². The lowest BCUT2D eigenvalue weighted by molar-refractivity contribution is -0.118. The smallest absolute Gasteiger partial charge is 0.283 e. The fraction of sp³-hybridized carbons (Fsp3) is 0.667. The molecule has 0 heterocycles. The van der Waals surface area contributed by atoms with E-state index in [1.54, 1.807) is 0 Å². The van der Waals surface area contributed by atoms with Gasteiger partial charge >= 0.3 is 0 Å². The molecular formula is C9H17NO2. The Hall–Kier alpha value is -0.990. The monoisotopic (exact) mass is 171 g/mol. The Kier molecular flexibility index (Phi) is 5.17. The van der Waals surface area contributed by atoms with Crippen molar-refractivity contribution in [3.05, 3.63) is 11.3 Å². The summed E-state index contributed by atoms with van der Waals surface area (Å²) < 4.78 is 5.21. The zero-order valence-corrected chi connectivity index (χ0v) is 8.02. The second-order valence-corrected chi connectivity index (χ2v) is 2.90. The number of rotatable bonds is 5. The largest absolute Gasteiger partial charge is 0.488 e. The number of nitrogens with two attached hydrogens (primary N) is 1. The molecule has 0 unspecified atom stereocenters. The van der Waals surface area contributed by atoms with Crippen molar-refractivity contribution in [1.29, 1.82) is 0 Å². The van der Waals surface area contributed by atoms with Crippen LogP contribution in [0.15, 0.2) is 11.3 Å². The molecule has 12 heavy (non-hydrogen) atoms. The molecule has 0 atom stereocenters. The Labute approximate surface area is 73.6 Å². The summed E-state index contributed by atoms with van der Waals surface area (Å²) in [5.74, 6) is -0.172. The summed E-state index contributed by atoms with van der Waals surface area (Å²) in [5.41, 5.74) is 5.93. The van der Waals surface area contributed by atoms with Crippen molar-refractivity contribution in [3.63, 3.8) is 0 Å². The maximum absolute atomic E-state index is 10.8. The molecule has 0 radical (unpaired) electrons. The normalized spacial score (nSPS) is 9.25. The van der Waals surface area contributed by atoms with Crippen LogP contribution in [0, 0.1) is 0 Å². The summed E-state index contributed by atoms with van der Waals surface area (Å²) in [7, 11) is 0. The van der Waals surface area contributed by atoms with Gasteiger partial charge in [-0.1, -0.05) is 13.3 Å². The van der Waals surface area contributed by atoms with E-state index in [-0.39, 0.29) is 0 Å². The molecule has 0 aromatic carbocycles. The highest BCUT2D eigenvalue weighted by atomic mass is 16.5. The average molecular weight is 171 g/mol. The molecule has 0 aliphatic carbocycles. The van der Waals surface area contributed by atoms with Crippen LogP contribution in [0.2, 0.25) is 0 Å².